The Kier molecular flexibility index (Phi) is 6.16. The Balaban J connectivity index is 2.04. The topological polar surface area (TPSA) is 117 Å². The van der Waals surface area contributed by atoms with Gasteiger partial charge in [-0.3, -0.25) is 9.59 Å². The van der Waals surface area contributed by atoms with Gasteiger partial charge in [-0.05, 0) is 44.4 Å². The van der Waals surface area contributed by atoms with E-state index in [0.29, 0.717) is 36.6 Å². The lowest BCUT2D eigenvalue weighted by molar-refractivity contribution is -0.117. The van der Waals surface area contributed by atoms with Crippen molar-refractivity contribution in [3.8, 4) is 5.75 Å². The predicted octanol–water partition coefficient (Wildman–Crippen LogP) is 1.27. The smallest absolute Gasteiger partial charge is 0.248 e. The number of carbonyl (C=O) groups is 2. The monoisotopic (exact) mass is 335 g/mol. The largest absolute Gasteiger partial charge is 0.489 e. The van der Waals surface area contributed by atoms with Crippen LogP contribution in [-0.2, 0) is 9.53 Å². The van der Waals surface area contributed by atoms with Crippen molar-refractivity contribution >= 4 is 17.5 Å². The van der Waals surface area contributed by atoms with Gasteiger partial charge < -0.3 is 26.3 Å². The minimum absolute atomic E-state index is 0.0393. The van der Waals surface area contributed by atoms with Crippen LogP contribution in [0.5, 0.6) is 5.75 Å². The minimum atomic E-state index is -0.544. The molecule has 2 unspecified atom stereocenters. The Morgan fingerprint density at radius 3 is 2.75 bits per heavy atom. The van der Waals surface area contributed by atoms with Gasteiger partial charge in [-0.2, -0.15) is 0 Å². The molecule has 2 rings (SSSR count). The van der Waals surface area contributed by atoms with Crippen molar-refractivity contribution in [2.24, 2.45) is 17.4 Å². The molecule has 132 valence electrons. The third-order valence-electron chi connectivity index (χ3n) is 3.80. The molecule has 24 heavy (non-hydrogen) atoms. The fraction of sp³-hybridized carbons (Fsp3) is 0.529. The Morgan fingerprint density at radius 2 is 2.17 bits per heavy atom. The summed E-state index contributed by atoms with van der Waals surface area (Å²) in [7, 11) is 0. The molecule has 1 aromatic carbocycles. The summed E-state index contributed by atoms with van der Waals surface area (Å²) in [5.74, 6) is -0.0748. The number of ether oxygens (including phenoxy) is 2. The molecular weight excluding hydrogens is 310 g/mol. The van der Waals surface area contributed by atoms with Gasteiger partial charge in [-0.25, -0.2) is 0 Å². The summed E-state index contributed by atoms with van der Waals surface area (Å²) in [5.41, 5.74) is 11.7. The summed E-state index contributed by atoms with van der Waals surface area (Å²) in [4.78, 5) is 23.6. The average molecular weight is 335 g/mol. The van der Waals surface area contributed by atoms with Gasteiger partial charge in [0.1, 0.15) is 5.75 Å². The maximum Gasteiger partial charge on any atom is 0.248 e. The number of hydrogen-bond donors (Lipinski definition) is 3. The van der Waals surface area contributed by atoms with E-state index in [1.54, 1.807) is 18.2 Å². The fourth-order valence-corrected chi connectivity index (χ4v) is 2.68. The molecule has 0 saturated carbocycles. The van der Waals surface area contributed by atoms with Crippen LogP contribution >= 0.6 is 0 Å². The third kappa shape index (κ3) is 4.94. The highest BCUT2D eigenvalue weighted by molar-refractivity contribution is 5.96. The highest BCUT2D eigenvalue weighted by Gasteiger charge is 2.26. The number of anilines is 1. The summed E-state index contributed by atoms with van der Waals surface area (Å²) in [5, 5.41) is 2.84. The molecule has 1 fully saturated rings. The van der Waals surface area contributed by atoms with Crippen molar-refractivity contribution in [1.82, 2.24) is 0 Å². The number of nitrogens with two attached hydrogens (primary N) is 2. The van der Waals surface area contributed by atoms with Crippen molar-refractivity contribution in [3.63, 3.8) is 0 Å². The van der Waals surface area contributed by atoms with Gasteiger partial charge >= 0.3 is 0 Å². The number of carbonyl (C=O) groups excluding carboxylic acids is 2. The molecule has 1 aliphatic rings. The molecule has 7 heteroatoms. The van der Waals surface area contributed by atoms with Crippen LogP contribution < -0.4 is 21.5 Å². The lowest BCUT2D eigenvalue weighted by atomic mass is 10.0. The molecule has 2 amide bonds. The average Bonchev–Trinajstić information content (AvgIpc) is 2.95. The Hall–Kier alpha value is -2.12. The van der Waals surface area contributed by atoms with Gasteiger partial charge in [0.05, 0.1) is 24.5 Å². The molecule has 7 nitrogen and oxygen atoms in total. The number of nitrogens with one attached hydrogen (secondary N) is 1. The van der Waals surface area contributed by atoms with E-state index in [0.717, 1.165) is 6.42 Å². The highest BCUT2D eigenvalue weighted by Crippen LogP contribution is 2.28. The molecular formula is C17H25N3O4. The van der Waals surface area contributed by atoms with E-state index in [2.05, 4.69) is 5.32 Å². The molecule has 1 aromatic rings. The highest BCUT2D eigenvalue weighted by atomic mass is 16.5. The van der Waals surface area contributed by atoms with E-state index in [4.69, 9.17) is 20.9 Å². The van der Waals surface area contributed by atoms with Gasteiger partial charge in [-0.1, -0.05) is 0 Å². The second kappa shape index (κ2) is 8.12. The van der Waals surface area contributed by atoms with Crippen LogP contribution in [0, 0.1) is 5.92 Å². The van der Waals surface area contributed by atoms with Gasteiger partial charge in [0.15, 0.2) is 0 Å². The van der Waals surface area contributed by atoms with E-state index in [1.807, 2.05) is 13.8 Å². The van der Waals surface area contributed by atoms with Gasteiger partial charge in [0.2, 0.25) is 11.8 Å². The molecule has 0 spiro atoms. The van der Waals surface area contributed by atoms with E-state index in [-0.39, 0.29) is 24.0 Å². The second-order valence-electron chi connectivity index (χ2n) is 6.29. The maximum atomic E-state index is 12.3. The first-order valence-electron chi connectivity index (χ1n) is 8.11. The summed E-state index contributed by atoms with van der Waals surface area (Å²) >= 11 is 0. The number of rotatable bonds is 7. The zero-order chi connectivity index (χ0) is 17.7. The second-order valence-corrected chi connectivity index (χ2v) is 6.29. The molecule has 1 aliphatic heterocycles. The predicted molar refractivity (Wildman–Crippen MR) is 90.9 cm³/mol. The van der Waals surface area contributed by atoms with Gasteiger partial charge in [-0.15, -0.1) is 0 Å². The lowest BCUT2D eigenvalue weighted by Gasteiger charge is -2.16. The number of benzene rings is 1. The number of amides is 2. The minimum Gasteiger partial charge on any atom is -0.489 e. The summed E-state index contributed by atoms with van der Waals surface area (Å²) in [6, 6.07) is 4.74. The molecule has 5 N–H and O–H groups in total. The molecule has 2 atom stereocenters. The molecule has 0 aliphatic carbocycles. The van der Waals surface area contributed by atoms with Crippen LogP contribution in [0.1, 0.15) is 37.0 Å². The zero-order valence-electron chi connectivity index (χ0n) is 14.1. The fourth-order valence-electron chi connectivity index (χ4n) is 2.68. The van der Waals surface area contributed by atoms with Crippen molar-refractivity contribution < 1.29 is 19.1 Å². The molecule has 0 radical (unpaired) electrons. The summed E-state index contributed by atoms with van der Waals surface area (Å²) < 4.78 is 11.2. The molecule has 1 heterocycles. The first-order chi connectivity index (χ1) is 11.4. The van der Waals surface area contributed by atoms with Crippen LogP contribution in [0.2, 0.25) is 0 Å². The van der Waals surface area contributed by atoms with Gasteiger partial charge in [0, 0.05) is 18.5 Å². The van der Waals surface area contributed by atoms with Crippen LogP contribution in [0.4, 0.5) is 5.69 Å². The quantitative estimate of drug-likeness (QED) is 0.693. The van der Waals surface area contributed by atoms with Crippen molar-refractivity contribution in [2.75, 3.05) is 18.5 Å². The summed E-state index contributed by atoms with van der Waals surface area (Å²) in [6.45, 7) is 4.75. The molecule has 0 bridgehead atoms. The standard InChI is InChI=1S/C17H25N3O4/c1-10(2)24-15-7-12(17(19)22)3-4-14(15)20-16(21)6-11-5-13(8-18)23-9-11/h3-4,7,10-11,13H,5-6,8-9,18H2,1-2H3,(H2,19,22)(H,20,21). The van der Waals surface area contributed by atoms with Crippen molar-refractivity contribution in [2.45, 2.75) is 38.9 Å². The SMILES string of the molecule is CC(C)Oc1cc(C(N)=O)ccc1NC(=O)CC1COC(CN)C1. The first kappa shape index (κ1) is 18.2. The molecule has 1 saturated heterocycles. The summed E-state index contributed by atoms with van der Waals surface area (Å²) in [6.07, 6.45) is 1.09. The number of hydrogen-bond acceptors (Lipinski definition) is 5. The zero-order valence-corrected chi connectivity index (χ0v) is 14.1. The Bertz CT molecular complexity index is 603. The van der Waals surface area contributed by atoms with Crippen LogP contribution in [0.15, 0.2) is 18.2 Å². The van der Waals surface area contributed by atoms with Crippen molar-refractivity contribution in [1.29, 1.82) is 0 Å². The normalized spacial score (nSPS) is 20.2. The van der Waals surface area contributed by atoms with Crippen molar-refractivity contribution in [3.05, 3.63) is 23.8 Å². The van der Waals surface area contributed by atoms with Crippen LogP contribution in [-0.4, -0.2) is 37.2 Å². The number of primary amides is 1. The van der Waals surface area contributed by atoms with Gasteiger partial charge in [0.25, 0.3) is 0 Å². The Morgan fingerprint density at radius 1 is 1.42 bits per heavy atom. The maximum absolute atomic E-state index is 12.3. The van der Waals surface area contributed by atoms with E-state index >= 15 is 0 Å². The van der Waals surface area contributed by atoms with E-state index in [9.17, 15) is 9.59 Å². The van der Waals surface area contributed by atoms with E-state index < -0.39 is 5.91 Å². The lowest BCUT2D eigenvalue weighted by Crippen LogP contribution is -2.20. The molecule has 0 aromatic heterocycles. The van der Waals surface area contributed by atoms with Crippen LogP contribution in [0.25, 0.3) is 0 Å². The van der Waals surface area contributed by atoms with E-state index in [1.165, 1.54) is 0 Å². The Labute approximate surface area is 141 Å². The first-order valence-corrected chi connectivity index (χ1v) is 8.11. The van der Waals surface area contributed by atoms with Crippen LogP contribution in [0.3, 0.4) is 0 Å². The third-order valence-corrected chi connectivity index (χ3v) is 3.80.